The molecule has 0 heterocycles. The number of aliphatic hydroxyl groups excluding tert-OH is 1. The molecule has 0 spiro atoms. The topological polar surface area (TPSA) is 41.7 Å². The van der Waals surface area contributed by atoms with E-state index in [9.17, 15) is 4.79 Å². The largest absolute Gasteiger partial charge is 0.385 e. The molecule has 0 radical (unpaired) electrons. The summed E-state index contributed by atoms with van der Waals surface area (Å²) in [5.41, 5.74) is 0. The van der Waals surface area contributed by atoms with Crippen molar-refractivity contribution in [2.24, 2.45) is 0 Å². The van der Waals surface area contributed by atoms with Gasteiger partial charge in [-0.15, -0.1) is 0 Å². The zero-order valence-corrected chi connectivity index (χ0v) is 5.29. The molecule has 1 unspecified atom stereocenters. The van der Waals surface area contributed by atoms with Crippen molar-refractivity contribution >= 4 is 5.78 Å². The number of nitrogens with zero attached hydrogens (tertiary/aromatic N) is 1. The van der Waals surface area contributed by atoms with E-state index in [0.717, 1.165) is 0 Å². The van der Waals surface area contributed by atoms with Gasteiger partial charge < -0.3 is 9.95 Å². The van der Waals surface area contributed by atoms with Crippen LogP contribution in [0.5, 0.6) is 0 Å². The van der Waals surface area contributed by atoms with Crippen molar-refractivity contribution in [3.63, 3.8) is 0 Å². The van der Waals surface area contributed by atoms with Crippen LogP contribution in [-0.4, -0.2) is 23.5 Å². The summed E-state index contributed by atoms with van der Waals surface area (Å²) in [5.74, 6) is -0.0776. The smallest absolute Gasteiger partial charge is 0.240 e. The zero-order valence-electron chi connectivity index (χ0n) is 5.29. The highest BCUT2D eigenvalue weighted by atomic mass is 16.3. The van der Waals surface area contributed by atoms with E-state index in [1.807, 2.05) is 0 Å². The predicted molar refractivity (Wildman–Crippen MR) is 32.8 cm³/mol. The van der Waals surface area contributed by atoms with E-state index in [1.165, 1.54) is 6.92 Å². The van der Waals surface area contributed by atoms with Crippen LogP contribution < -0.4 is 0 Å². The molecule has 50 valence electrons. The predicted octanol–water partition coefficient (Wildman–Crippen LogP) is 0.246. The summed E-state index contributed by atoms with van der Waals surface area (Å²) < 4.78 is 0. The second-order valence-electron chi connectivity index (χ2n) is 1.90. The Morgan fingerprint density at radius 3 is 2.78 bits per heavy atom. The monoisotopic (exact) mass is 127 g/mol. The summed E-state index contributed by atoms with van der Waals surface area (Å²) in [4.78, 5) is 13.2. The number of hydrogen-bond acceptors (Lipinski definition) is 2. The highest BCUT2D eigenvalue weighted by Crippen LogP contribution is 1.92. The average Bonchev–Trinajstić information content (AvgIpc) is 1.63. The number of carbonyl (C=O) groups excluding carboxylic acids is 1. The molecular weight excluding hydrogens is 118 g/mol. The number of ketones is 1. The van der Waals surface area contributed by atoms with Crippen LogP contribution in [0.4, 0.5) is 0 Å². The van der Waals surface area contributed by atoms with E-state index in [1.54, 1.807) is 0 Å². The summed E-state index contributed by atoms with van der Waals surface area (Å²) in [6.07, 6.45) is -0.664. The van der Waals surface area contributed by atoms with E-state index < -0.39 is 6.10 Å². The Hall–Kier alpha value is -0.880. The first-order valence-corrected chi connectivity index (χ1v) is 2.67. The summed E-state index contributed by atoms with van der Waals surface area (Å²) in [5, 5.41) is 8.78. The van der Waals surface area contributed by atoms with Crippen LogP contribution in [0.25, 0.3) is 4.85 Å². The molecule has 9 heavy (non-hydrogen) atoms. The van der Waals surface area contributed by atoms with Gasteiger partial charge in [0.05, 0.1) is 0 Å². The maximum absolute atomic E-state index is 10.3. The van der Waals surface area contributed by atoms with E-state index in [0.29, 0.717) is 0 Å². The van der Waals surface area contributed by atoms with Crippen LogP contribution in [0.3, 0.4) is 0 Å². The third-order valence-electron chi connectivity index (χ3n) is 0.825. The van der Waals surface area contributed by atoms with Crippen LogP contribution in [0.2, 0.25) is 0 Å². The molecular formula is C6H9NO2. The minimum Gasteiger partial charge on any atom is -0.385 e. The van der Waals surface area contributed by atoms with E-state index in [-0.39, 0.29) is 18.7 Å². The highest BCUT2D eigenvalue weighted by molar-refractivity contribution is 5.75. The quantitative estimate of drug-likeness (QED) is 0.552. The summed E-state index contributed by atoms with van der Waals surface area (Å²) in [7, 11) is 0. The van der Waals surface area contributed by atoms with Gasteiger partial charge in [0.2, 0.25) is 6.54 Å². The fourth-order valence-corrected chi connectivity index (χ4v) is 0.502. The lowest BCUT2D eigenvalue weighted by Gasteiger charge is -1.97. The van der Waals surface area contributed by atoms with Crippen molar-refractivity contribution in [1.29, 1.82) is 0 Å². The Kier molecular flexibility index (Phi) is 3.65. The fourth-order valence-electron chi connectivity index (χ4n) is 0.502. The van der Waals surface area contributed by atoms with Gasteiger partial charge in [-0.05, 0) is 6.92 Å². The Bertz CT molecular complexity index is 136. The molecule has 0 amide bonds. The molecule has 0 aliphatic heterocycles. The number of rotatable bonds is 3. The Labute approximate surface area is 54.1 Å². The standard InChI is InChI=1S/C6H9NO2/c1-5(8)3-6(9)4-7-2/h6,9H,3-4H2,1H3. The molecule has 0 aromatic heterocycles. The number of Topliss-reactive ketones (excluding diaryl/α,β-unsaturated/α-hetero) is 1. The van der Waals surface area contributed by atoms with Crippen LogP contribution >= 0.6 is 0 Å². The molecule has 0 saturated heterocycles. The van der Waals surface area contributed by atoms with Crippen molar-refractivity contribution in [2.75, 3.05) is 6.54 Å². The Balaban J connectivity index is 3.40. The van der Waals surface area contributed by atoms with E-state index in [4.69, 9.17) is 11.7 Å². The summed E-state index contributed by atoms with van der Waals surface area (Å²) >= 11 is 0. The van der Waals surface area contributed by atoms with Crippen molar-refractivity contribution in [3.8, 4) is 0 Å². The fraction of sp³-hybridized carbons (Fsp3) is 0.667. The number of carbonyl (C=O) groups is 1. The molecule has 0 aromatic carbocycles. The molecule has 1 atom stereocenters. The van der Waals surface area contributed by atoms with Crippen LogP contribution in [0, 0.1) is 6.57 Å². The van der Waals surface area contributed by atoms with Gasteiger partial charge >= 0.3 is 0 Å². The van der Waals surface area contributed by atoms with Crippen molar-refractivity contribution in [1.82, 2.24) is 0 Å². The van der Waals surface area contributed by atoms with Crippen LogP contribution in [0.15, 0.2) is 0 Å². The Morgan fingerprint density at radius 2 is 2.44 bits per heavy atom. The SMILES string of the molecule is [C-]#[N+]CC(O)CC(C)=O. The first-order chi connectivity index (χ1) is 4.16. The maximum Gasteiger partial charge on any atom is 0.240 e. The average molecular weight is 127 g/mol. The lowest BCUT2D eigenvalue weighted by Crippen LogP contribution is -2.13. The third-order valence-corrected chi connectivity index (χ3v) is 0.825. The zero-order chi connectivity index (χ0) is 7.28. The van der Waals surface area contributed by atoms with Gasteiger partial charge in [-0.2, -0.15) is 0 Å². The van der Waals surface area contributed by atoms with Crippen molar-refractivity contribution in [3.05, 3.63) is 11.4 Å². The van der Waals surface area contributed by atoms with Gasteiger partial charge in [-0.1, -0.05) is 0 Å². The lowest BCUT2D eigenvalue weighted by atomic mass is 10.2. The maximum atomic E-state index is 10.3. The third kappa shape index (κ3) is 4.98. The molecule has 0 aliphatic rings. The van der Waals surface area contributed by atoms with E-state index in [2.05, 4.69) is 4.85 Å². The highest BCUT2D eigenvalue weighted by Gasteiger charge is 2.08. The molecule has 0 aliphatic carbocycles. The van der Waals surface area contributed by atoms with Crippen LogP contribution in [-0.2, 0) is 4.79 Å². The summed E-state index contributed by atoms with van der Waals surface area (Å²) in [6.45, 7) is 7.75. The van der Waals surface area contributed by atoms with Gasteiger partial charge in [0, 0.05) is 6.42 Å². The molecule has 0 bridgehead atoms. The van der Waals surface area contributed by atoms with Gasteiger partial charge in [0.15, 0.2) is 0 Å². The number of aliphatic hydroxyl groups is 1. The lowest BCUT2D eigenvalue weighted by molar-refractivity contribution is -0.118. The number of hydrogen-bond donors (Lipinski definition) is 1. The molecule has 3 heteroatoms. The normalized spacial score (nSPS) is 12.1. The molecule has 1 N–H and O–H groups in total. The van der Waals surface area contributed by atoms with Crippen molar-refractivity contribution in [2.45, 2.75) is 19.4 Å². The molecule has 0 aromatic rings. The second kappa shape index (κ2) is 4.04. The molecule has 0 fully saturated rings. The van der Waals surface area contributed by atoms with E-state index >= 15 is 0 Å². The first-order valence-electron chi connectivity index (χ1n) is 2.67. The molecule has 0 saturated carbocycles. The minimum atomic E-state index is -0.764. The van der Waals surface area contributed by atoms with Gasteiger partial charge in [0.1, 0.15) is 11.9 Å². The Morgan fingerprint density at radius 1 is 1.89 bits per heavy atom. The second-order valence-corrected chi connectivity index (χ2v) is 1.90. The first kappa shape index (κ1) is 8.12. The van der Waals surface area contributed by atoms with Gasteiger partial charge in [-0.25, -0.2) is 6.57 Å². The van der Waals surface area contributed by atoms with Crippen LogP contribution in [0.1, 0.15) is 13.3 Å². The van der Waals surface area contributed by atoms with Gasteiger partial charge in [-0.3, -0.25) is 4.79 Å². The summed E-state index contributed by atoms with van der Waals surface area (Å²) in [6, 6.07) is 0. The van der Waals surface area contributed by atoms with Crippen molar-refractivity contribution < 1.29 is 9.90 Å². The molecule has 0 rings (SSSR count). The molecule has 3 nitrogen and oxygen atoms in total. The van der Waals surface area contributed by atoms with Gasteiger partial charge in [0.25, 0.3) is 0 Å². The minimum absolute atomic E-state index is 0.0274.